The van der Waals surface area contributed by atoms with Gasteiger partial charge in [0.1, 0.15) is 0 Å². The molecule has 0 radical (unpaired) electrons. The summed E-state index contributed by atoms with van der Waals surface area (Å²) in [7, 11) is 0. The van der Waals surface area contributed by atoms with Gasteiger partial charge in [-0.2, -0.15) is 11.8 Å². The number of hydrogen-bond donors (Lipinski definition) is 1. The molecular weight excluding hydrogens is 240 g/mol. The van der Waals surface area contributed by atoms with E-state index in [-0.39, 0.29) is 0 Å². The van der Waals surface area contributed by atoms with Crippen molar-refractivity contribution in [3.8, 4) is 0 Å². The maximum Gasteiger partial charge on any atom is 0.0373 e. The van der Waals surface area contributed by atoms with Crippen LogP contribution in [-0.4, -0.2) is 41.6 Å². The summed E-state index contributed by atoms with van der Waals surface area (Å²) in [5.41, 5.74) is 2.83. The third kappa shape index (κ3) is 2.67. The molecule has 2 nitrogen and oxygen atoms in total. The molecule has 1 aromatic carbocycles. The number of rotatable bonds is 1. The van der Waals surface area contributed by atoms with Crippen LogP contribution in [0.5, 0.6) is 0 Å². The van der Waals surface area contributed by atoms with Crippen molar-refractivity contribution in [2.45, 2.75) is 31.1 Å². The van der Waals surface area contributed by atoms with Gasteiger partial charge in [-0.3, -0.25) is 4.90 Å². The summed E-state index contributed by atoms with van der Waals surface area (Å²) in [6, 6.07) is 9.47. The second-order valence-corrected chi connectivity index (χ2v) is 6.95. The predicted octanol–water partition coefficient (Wildman–Crippen LogP) is 2.85. The molecule has 2 atom stereocenters. The highest BCUT2D eigenvalue weighted by Gasteiger charge is 2.25. The van der Waals surface area contributed by atoms with Gasteiger partial charge in [0.15, 0.2) is 0 Å². The summed E-state index contributed by atoms with van der Waals surface area (Å²) in [6.45, 7) is 5.98. The molecule has 3 heteroatoms. The van der Waals surface area contributed by atoms with E-state index in [0.29, 0.717) is 6.04 Å². The molecule has 2 aliphatic heterocycles. The van der Waals surface area contributed by atoms with Gasteiger partial charge in [0.2, 0.25) is 0 Å². The third-order valence-electron chi connectivity index (χ3n) is 4.08. The van der Waals surface area contributed by atoms with E-state index in [1.807, 2.05) is 0 Å². The number of thioether (sulfide) groups is 1. The van der Waals surface area contributed by atoms with Gasteiger partial charge in [0.05, 0.1) is 0 Å². The Kier molecular flexibility index (Phi) is 3.80. The van der Waals surface area contributed by atoms with E-state index in [2.05, 4.69) is 53.2 Å². The number of hydrogen-bond acceptors (Lipinski definition) is 3. The molecule has 1 aromatic rings. The van der Waals surface area contributed by atoms with Crippen molar-refractivity contribution in [3.05, 3.63) is 29.8 Å². The first kappa shape index (κ1) is 12.4. The van der Waals surface area contributed by atoms with Crippen molar-refractivity contribution in [2.24, 2.45) is 0 Å². The summed E-state index contributed by atoms with van der Waals surface area (Å²) in [4.78, 5) is 2.69. The number of nitrogens with one attached hydrogen (secondary N) is 1. The minimum Gasteiger partial charge on any atom is -0.383 e. The molecule has 0 bridgehead atoms. The van der Waals surface area contributed by atoms with Gasteiger partial charge < -0.3 is 5.32 Å². The predicted molar refractivity (Wildman–Crippen MR) is 80.5 cm³/mol. The second kappa shape index (κ2) is 5.54. The third-order valence-corrected chi connectivity index (χ3v) is 5.22. The molecule has 98 valence electrons. The lowest BCUT2D eigenvalue weighted by atomic mass is 10.1. The topological polar surface area (TPSA) is 15.3 Å². The Morgan fingerprint density at radius 3 is 3.11 bits per heavy atom. The lowest BCUT2D eigenvalue weighted by Gasteiger charge is -2.36. The molecule has 2 aliphatic rings. The molecule has 18 heavy (non-hydrogen) atoms. The average Bonchev–Trinajstić information content (AvgIpc) is 2.61. The normalized spacial score (nSPS) is 29.2. The molecular formula is C15H22N2S. The lowest BCUT2D eigenvalue weighted by molar-refractivity contribution is 0.205. The van der Waals surface area contributed by atoms with Crippen LogP contribution in [0, 0.1) is 0 Å². The van der Waals surface area contributed by atoms with Crippen LogP contribution < -0.4 is 5.32 Å². The Bertz CT molecular complexity index is 380. The zero-order valence-electron chi connectivity index (χ0n) is 11.1. The molecule has 2 unspecified atom stereocenters. The minimum absolute atomic E-state index is 0.709. The molecule has 1 N–H and O–H groups in total. The fourth-order valence-electron chi connectivity index (χ4n) is 3.05. The molecule has 3 rings (SSSR count). The van der Waals surface area contributed by atoms with E-state index in [0.717, 1.165) is 11.8 Å². The van der Waals surface area contributed by atoms with E-state index in [1.165, 1.54) is 42.9 Å². The van der Waals surface area contributed by atoms with Crippen molar-refractivity contribution < 1.29 is 0 Å². The number of aryl methyl sites for hydroxylation is 1. The van der Waals surface area contributed by atoms with E-state index >= 15 is 0 Å². The van der Waals surface area contributed by atoms with Crippen LogP contribution in [0.2, 0.25) is 0 Å². The fraction of sp³-hybridized carbons (Fsp3) is 0.600. The Morgan fingerprint density at radius 2 is 2.22 bits per heavy atom. The van der Waals surface area contributed by atoms with Gasteiger partial charge in [-0.05, 0) is 24.5 Å². The first-order valence-electron chi connectivity index (χ1n) is 7.00. The van der Waals surface area contributed by atoms with Crippen molar-refractivity contribution in [1.29, 1.82) is 0 Å². The standard InChI is InChI=1S/C15H22N2S/c1-12-11-17(8-9-18-12)14-7-6-13-4-2-3-5-15(13)16-10-14/h2-5,12,14,16H,6-11H2,1H3. The Hall–Kier alpha value is -0.670. The Balaban J connectivity index is 1.67. The van der Waals surface area contributed by atoms with E-state index in [9.17, 15) is 0 Å². The average molecular weight is 262 g/mol. The van der Waals surface area contributed by atoms with E-state index < -0.39 is 0 Å². The SMILES string of the molecule is CC1CN(C2CCc3ccccc3NC2)CCS1. The lowest BCUT2D eigenvalue weighted by Crippen LogP contribution is -2.46. The van der Waals surface area contributed by atoms with Gasteiger partial charge >= 0.3 is 0 Å². The smallest absolute Gasteiger partial charge is 0.0373 e. The molecule has 2 heterocycles. The zero-order chi connectivity index (χ0) is 12.4. The monoisotopic (exact) mass is 262 g/mol. The highest BCUT2D eigenvalue weighted by Crippen LogP contribution is 2.26. The van der Waals surface area contributed by atoms with Crippen LogP contribution >= 0.6 is 11.8 Å². The number of nitrogens with zero attached hydrogens (tertiary/aromatic N) is 1. The number of para-hydroxylation sites is 1. The molecule has 1 saturated heterocycles. The van der Waals surface area contributed by atoms with Crippen molar-refractivity contribution >= 4 is 17.4 Å². The van der Waals surface area contributed by atoms with Gasteiger partial charge in [-0.15, -0.1) is 0 Å². The summed E-state index contributed by atoms with van der Waals surface area (Å²) >= 11 is 2.12. The van der Waals surface area contributed by atoms with Crippen molar-refractivity contribution in [3.63, 3.8) is 0 Å². The Morgan fingerprint density at radius 1 is 1.33 bits per heavy atom. The molecule has 0 amide bonds. The zero-order valence-corrected chi connectivity index (χ0v) is 11.9. The number of benzene rings is 1. The molecule has 0 aromatic heterocycles. The molecule has 0 saturated carbocycles. The van der Waals surface area contributed by atoms with E-state index in [4.69, 9.17) is 0 Å². The van der Waals surface area contributed by atoms with Gasteiger partial charge in [-0.1, -0.05) is 25.1 Å². The maximum atomic E-state index is 3.64. The summed E-state index contributed by atoms with van der Waals surface area (Å²) < 4.78 is 0. The highest BCUT2D eigenvalue weighted by atomic mass is 32.2. The van der Waals surface area contributed by atoms with Crippen molar-refractivity contribution in [2.75, 3.05) is 30.7 Å². The van der Waals surface area contributed by atoms with Crippen LogP contribution in [0.3, 0.4) is 0 Å². The van der Waals surface area contributed by atoms with Gasteiger partial charge in [0, 0.05) is 42.4 Å². The maximum absolute atomic E-state index is 3.64. The highest BCUT2D eigenvalue weighted by molar-refractivity contribution is 7.99. The summed E-state index contributed by atoms with van der Waals surface area (Å²) in [5.74, 6) is 1.30. The van der Waals surface area contributed by atoms with Crippen LogP contribution in [0.1, 0.15) is 18.9 Å². The van der Waals surface area contributed by atoms with Gasteiger partial charge in [0.25, 0.3) is 0 Å². The number of fused-ring (bicyclic) bond motifs is 1. The first-order valence-corrected chi connectivity index (χ1v) is 8.05. The fourth-order valence-corrected chi connectivity index (χ4v) is 4.09. The quantitative estimate of drug-likeness (QED) is 0.838. The summed E-state index contributed by atoms with van der Waals surface area (Å²) in [6.07, 6.45) is 2.51. The van der Waals surface area contributed by atoms with Crippen LogP contribution in [0.4, 0.5) is 5.69 Å². The summed E-state index contributed by atoms with van der Waals surface area (Å²) in [5, 5.41) is 4.43. The first-order chi connectivity index (χ1) is 8.83. The van der Waals surface area contributed by atoms with Crippen molar-refractivity contribution in [1.82, 2.24) is 4.90 Å². The molecule has 1 fully saturated rings. The minimum atomic E-state index is 0.709. The van der Waals surface area contributed by atoms with Crippen LogP contribution in [-0.2, 0) is 6.42 Å². The van der Waals surface area contributed by atoms with Gasteiger partial charge in [-0.25, -0.2) is 0 Å². The van der Waals surface area contributed by atoms with E-state index in [1.54, 1.807) is 0 Å². The number of anilines is 1. The second-order valence-electron chi connectivity index (χ2n) is 5.41. The molecule has 0 aliphatic carbocycles. The Labute approximate surface area is 114 Å². The van der Waals surface area contributed by atoms with Crippen LogP contribution in [0.25, 0.3) is 0 Å². The van der Waals surface area contributed by atoms with Crippen LogP contribution in [0.15, 0.2) is 24.3 Å². The molecule has 0 spiro atoms. The largest absolute Gasteiger partial charge is 0.383 e.